The summed E-state index contributed by atoms with van der Waals surface area (Å²) in [6.45, 7) is 12.0. The second-order valence-corrected chi connectivity index (χ2v) is 10.9. The molecule has 0 aromatic carbocycles. The Morgan fingerprint density at radius 1 is 1.19 bits per heavy atom. The Hall–Kier alpha value is -1.76. The minimum absolute atomic E-state index is 0.0667. The van der Waals surface area contributed by atoms with Gasteiger partial charge in [0.05, 0.1) is 12.3 Å². The first-order valence-corrected chi connectivity index (χ1v) is 14.6. The molecule has 0 aromatic heterocycles. The van der Waals surface area contributed by atoms with Crippen molar-refractivity contribution in [2.24, 2.45) is 39.2 Å². The van der Waals surface area contributed by atoms with E-state index in [-0.39, 0.29) is 12.0 Å². The number of aliphatic imine (C=N–C) groups is 2. The summed E-state index contributed by atoms with van der Waals surface area (Å²) < 4.78 is 6.15. The molecule has 1 aliphatic carbocycles. The first-order valence-electron chi connectivity index (χ1n) is 14.6. The van der Waals surface area contributed by atoms with Crippen molar-refractivity contribution in [3.05, 3.63) is 34.9 Å². The van der Waals surface area contributed by atoms with Crippen molar-refractivity contribution < 1.29 is 4.74 Å². The first-order chi connectivity index (χ1) is 17.7. The van der Waals surface area contributed by atoms with Gasteiger partial charge in [-0.25, -0.2) is 0 Å². The summed E-state index contributed by atoms with van der Waals surface area (Å²) >= 11 is 0. The molecule has 6 nitrogen and oxygen atoms in total. The van der Waals surface area contributed by atoms with Crippen LogP contribution in [-0.4, -0.2) is 45.1 Å². The minimum Gasteiger partial charge on any atom is -0.383 e. The molecule has 0 aliphatic heterocycles. The van der Waals surface area contributed by atoms with Crippen LogP contribution in [0.25, 0.3) is 0 Å². The van der Waals surface area contributed by atoms with Gasteiger partial charge < -0.3 is 10.5 Å². The highest BCUT2D eigenvalue weighted by molar-refractivity contribution is 6.28. The van der Waals surface area contributed by atoms with Gasteiger partial charge in [0.2, 0.25) is 0 Å². The van der Waals surface area contributed by atoms with Crippen molar-refractivity contribution in [2.45, 2.75) is 111 Å². The second-order valence-electron chi connectivity index (χ2n) is 10.9. The predicted octanol–water partition coefficient (Wildman–Crippen LogP) is 6.53. The number of nitrogens with one attached hydrogen (secondary N) is 1. The zero-order chi connectivity index (χ0) is 27.6. The van der Waals surface area contributed by atoms with Crippen molar-refractivity contribution >= 4 is 12.1 Å². The van der Waals surface area contributed by atoms with Crippen LogP contribution in [0.2, 0.25) is 0 Å². The standard InChI is InChI=1S/C31H57N5O/c1-8-10-11-12-13-23(3)18-26(9-2)14-15-27-16-17-29(25(5)21-36-30(32)22-34-6)24(4)19-28(20-27)37-31(33)35-7/h16-17,19,22-23,25-26,28,31,35H,8-15,18,20-21,33H2,1-7H3,(H2,32,36)/b24-19?,27-16-,29-17+,34-22?/t23?,25-,26?,28?,31?/m0/s1. The molecular formula is C31H57N5O. The van der Waals surface area contributed by atoms with E-state index in [4.69, 9.17) is 16.2 Å². The van der Waals surface area contributed by atoms with E-state index in [0.29, 0.717) is 12.4 Å². The van der Waals surface area contributed by atoms with Crippen LogP contribution in [0.4, 0.5) is 0 Å². The Morgan fingerprint density at radius 2 is 1.95 bits per heavy atom. The Bertz CT molecular complexity index is 782. The quantitative estimate of drug-likeness (QED) is 0.0836. The van der Waals surface area contributed by atoms with E-state index in [2.05, 4.69) is 68.1 Å². The van der Waals surface area contributed by atoms with E-state index in [9.17, 15) is 0 Å². The molecule has 0 radical (unpaired) electrons. The van der Waals surface area contributed by atoms with Gasteiger partial charge in [0.1, 0.15) is 5.84 Å². The lowest BCUT2D eigenvalue weighted by atomic mass is 9.84. The largest absolute Gasteiger partial charge is 0.383 e. The highest BCUT2D eigenvalue weighted by atomic mass is 16.5. The topological polar surface area (TPSA) is 98.0 Å². The van der Waals surface area contributed by atoms with E-state index < -0.39 is 6.35 Å². The van der Waals surface area contributed by atoms with Gasteiger partial charge >= 0.3 is 0 Å². The molecular weight excluding hydrogens is 458 g/mol. The molecule has 212 valence electrons. The van der Waals surface area contributed by atoms with Gasteiger partial charge in [-0.05, 0) is 62.6 Å². The van der Waals surface area contributed by atoms with Crippen molar-refractivity contribution in [3.63, 3.8) is 0 Å². The molecule has 0 bridgehead atoms. The maximum Gasteiger partial charge on any atom is 0.161 e. The molecule has 0 aromatic rings. The van der Waals surface area contributed by atoms with Crippen molar-refractivity contribution in [3.8, 4) is 0 Å². The molecule has 5 atom stereocenters. The van der Waals surface area contributed by atoms with Crippen molar-refractivity contribution in [1.82, 2.24) is 5.32 Å². The highest BCUT2D eigenvalue weighted by Gasteiger charge is 2.20. The van der Waals surface area contributed by atoms with Crippen LogP contribution in [0.5, 0.6) is 0 Å². The monoisotopic (exact) mass is 515 g/mol. The summed E-state index contributed by atoms with van der Waals surface area (Å²) in [4.78, 5) is 8.46. The molecule has 1 rings (SSSR count). The van der Waals surface area contributed by atoms with Crippen molar-refractivity contribution in [1.29, 1.82) is 0 Å². The Labute approximate surface area is 228 Å². The molecule has 37 heavy (non-hydrogen) atoms. The molecule has 0 heterocycles. The third-order valence-corrected chi connectivity index (χ3v) is 7.54. The third kappa shape index (κ3) is 14.1. The lowest BCUT2D eigenvalue weighted by Gasteiger charge is -2.26. The number of unbranched alkanes of at least 4 members (excludes halogenated alkanes) is 3. The summed E-state index contributed by atoms with van der Waals surface area (Å²) in [5, 5.41) is 3.01. The smallest absolute Gasteiger partial charge is 0.161 e. The van der Waals surface area contributed by atoms with E-state index in [0.717, 1.165) is 24.7 Å². The SMILES string of the molecule is CCCCCCC(C)CC(CC)CC/C1=C/C=C(/[C@@H](C)CN=C(N)C=NC)C(C)=CC(OC(N)NC)C1. The molecule has 6 heteroatoms. The third-order valence-electron chi connectivity index (χ3n) is 7.54. The summed E-state index contributed by atoms with van der Waals surface area (Å²) in [5.74, 6) is 2.27. The van der Waals surface area contributed by atoms with Crippen LogP contribution in [0, 0.1) is 17.8 Å². The molecule has 4 unspecified atom stereocenters. The van der Waals surface area contributed by atoms with E-state index >= 15 is 0 Å². The van der Waals surface area contributed by atoms with Gasteiger partial charge in [-0.15, -0.1) is 0 Å². The summed E-state index contributed by atoms with van der Waals surface area (Å²) in [6, 6.07) is 0. The number of nitrogens with two attached hydrogens (primary N) is 2. The molecule has 0 spiro atoms. The van der Waals surface area contributed by atoms with Gasteiger partial charge in [-0.1, -0.05) is 90.0 Å². The number of hydrogen-bond acceptors (Lipinski definition) is 5. The molecule has 1 aliphatic rings. The predicted molar refractivity (Wildman–Crippen MR) is 162 cm³/mol. The Kier molecular flexibility index (Phi) is 17.4. The van der Waals surface area contributed by atoms with Crippen molar-refractivity contribution in [2.75, 3.05) is 20.6 Å². The maximum absolute atomic E-state index is 6.15. The van der Waals surface area contributed by atoms with Gasteiger partial charge in [-0.2, -0.15) is 0 Å². The molecule has 0 saturated carbocycles. The van der Waals surface area contributed by atoms with Gasteiger partial charge in [0.25, 0.3) is 0 Å². The average molecular weight is 516 g/mol. The van der Waals surface area contributed by atoms with Crippen LogP contribution in [0.3, 0.4) is 0 Å². The summed E-state index contributed by atoms with van der Waals surface area (Å²) in [6.07, 6.45) is 20.4. The fourth-order valence-electron chi connectivity index (χ4n) is 5.18. The summed E-state index contributed by atoms with van der Waals surface area (Å²) in [5.41, 5.74) is 15.9. The molecule has 0 amide bonds. The highest BCUT2D eigenvalue weighted by Crippen LogP contribution is 2.30. The number of amidine groups is 1. The molecule has 0 fully saturated rings. The second kappa shape index (κ2) is 19.3. The average Bonchev–Trinajstić information content (AvgIpc) is 2.86. The fraction of sp³-hybridized carbons (Fsp3) is 0.742. The van der Waals surface area contributed by atoms with Gasteiger partial charge in [0, 0.05) is 19.5 Å². The Morgan fingerprint density at radius 3 is 2.59 bits per heavy atom. The minimum atomic E-state index is -0.491. The van der Waals surface area contributed by atoms with E-state index in [1.54, 1.807) is 13.3 Å². The number of hydrogen-bond donors (Lipinski definition) is 3. The van der Waals surface area contributed by atoms with Crippen LogP contribution in [-0.2, 0) is 4.74 Å². The lowest BCUT2D eigenvalue weighted by Crippen LogP contribution is -2.40. The normalized spacial score (nSPS) is 23.3. The number of rotatable bonds is 18. The molecule has 5 N–H and O–H groups in total. The Balaban J connectivity index is 2.98. The fourth-order valence-corrected chi connectivity index (χ4v) is 5.18. The first kappa shape index (κ1) is 33.3. The maximum atomic E-state index is 6.15. The zero-order valence-corrected chi connectivity index (χ0v) is 24.9. The number of allylic oxidation sites excluding steroid dienone is 3. The lowest BCUT2D eigenvalue weighted by molar-refractivity contribution is 0.00124. The van der Waals surface area contributed by atoms with Crippen LogP contribution in [0.1, 0.15) is 98.8 Å². The van der Waals surface area contributed by atoms with Crippen LogP contribution in [0.15, 0.2) is 44.9 Å². The molecule has 0 saturated heterocycles. The number of nitrogens with zero attached hydrogens (tertiary/aromatic N) is 2. The van der Waals surface area contributed by atoms with E-state index in [1.165, 1.54) is 68.1 Å². The van der Waals surface area contributed by atoms with Crippen LogP contribution >= 0.6 is 0 Å². The summed E-state index contributed by atoms with van der Waals surface area (Å²) in [7, 11) is 3.53. The van der Waals surface area contributed by atoms with Crippen LogP contribution < -0.4 is 16.8 Å². The van der Waals surface area contributed by atoms with Gasteiger partial charge in [0.15, 0.2) is 6.35 Å². The number of ether oxygens (including phenoxy) is 1. The van der Waals surface area contributed by atoms with E-state index in [1.807, 2.05) is 7.05 Å². The van der Waals surface area contributed by atoms with Gasteiger partial charge in [-0.3, -0.25) is 21.0 Å². The zero-order valence-electron chi connectivity index (χ0n) is 24.9.